The number of pyridine rings is 1. The Hall–Kier alpha value is -2.90. The Labute approximate surface area is 252 Å². The van der Waals surface area contributed by atoms with E-state index in [4.69, 9.17) is 26.4 Å². The molecule has 0 bridgehead atoms. The number of rotatable bonds is 6. The number of halogens is 3. The zero-order valence-corrected chi connectivity index (χ0v) is 25.9. The highest BCUT2D eigenvalue weighted by molar-refractivity contribution is 8.22. The molecule has 3 unspecified atom stereocenters. The molecular weight excluding hydrogens is 591 g/mol. The molecular formula is C29H34F3N3O5S2. The molecule has 0 aliphatic carbocycles. The Kier molecular flexibility index (Phi) is 9.15. The van der Waals surface area contributed by atoms with Crippen LogP contribution in [-0.2, 0) is 24.7 Å². The van der Waals surface area contributed by atoms with Gasteiger partial charge in [0.2, 0.25) is 10.1 Å². The molecule has 13 heteroatoms. The van der Waals surface area contributed by atoms with Crippen molar-refractivity contribution in [2.24, 2.45) is 0 Å². The summed E-state index contributed by atoms with van der Waals surface area (Å²) in [6.07, 6.45) is -0.809. The monoisotopic (exact) mass is 625 g/mol. The largest absolute Gasteiger partial charge is 0.446 e. The fraction of sp³-hybridized carbons (Fsp3) is 0.517. The van der Waals surface area contributed by atoms with Crippen LogP contribution in [0.4, 0.5) is 18.0 Å². The van der Waals surface area contributed by atoms with Gasteiger partial charge in [0.25, 0.3) is 5.91 Å². The van der Waals surface area contributed by atoms with Crippen LogP contribution >= 0.6 is 24.0 Å². The van der Waals surface area contributed by atoms with Gasteiger partial charge in [-0.05, 0) is 70.3 Å². The van der Waals surface area contributed by atoms with Gasteiger partial charge in [-0.3, -0.25) is 14.7 Å². The summed E-state index contributed by atoms with van der Waals surface area (Å²) in [5.74, 6) is -1.47. The second kappa shape index (κ2) is 12.0. The third-order valence-electron chi connectivity index (χ3n) is 7.14. The third kappa shape index (κ3) is 6.23. The van der Waals surface area contributed by atoms with Crippen LogP contribution in [0.15, 0.2) is 42.6 Å². The van der Waals surface area contributed by atoms with Crippen molar-refractivity contribution in [3.63, 3.8) is 0 Å². The molecule has 3 atom stereocenters. The van der Waals surface area contributed by atoms with Crippen molar-refractivity contribution in [1.82, 2.24) is 14.8 Å². The summed E-state index contributed by atoms with van der Waals surface area (Å²) in [5.41, 5.74) is -0.724. The number of hydrogen-bond donors (Lipinski definition) is 0. The molecule has 0 spiro atoms. The Morgan fingerprint density at radius 3 is 2.29 bits per heavy atom. The summed E-state index contributed by atoms with van der Waals surface area (Å²) in [7, 11) is 0. The minimum Gasteiger partial charge on any atom is -0.446 e. The van der Waals surface area contributed by atoms with Crippen LogP contribution in [0.25, 0.3) is 11.1 Å². The predicted octanol–water partition coefficient (Wildman–Crippen LogP) is 6.45. The summed E-state index contributed by atoms with van der Waals surface area (Å²) in [6.45, 7) is 7.66. The van der Waals surface area contributed by atoms with Crippen LogP contribution in [0, 0.1) is 0 Å². The Balaban J connectivity index is 1.57. The van der Waals surface area contributed by atoms with E-state index in [-0.39, 0.29) is 4.38 Å². The van der Waals surface area contributed by atoms with E-state index in [1.807, 2.05) is 6.07 Å². The van der Waals surface area contributed by atoms with Gasteiger partial charge in [0.05, 0.1) is 6.04 Å². The number of aromatic nitrogens is 1. The molecule has 1 aromatic carbocycles. The number of nitrogens with zero attached hydrogens (tertiary/aromatic N) is 3. The van der Waals surface area contributed by atoms with Crippen molar-refractivity contribution in [2.45, 2.75) is 76.7 Å². The van der Waals surface area contributed by atoms with E-state index >= 15 is 0 Å². The van der Waals surface area contributed by atoms with Crippen LogP contribution in [0.3, 0.4) is 0 Å². The SMILES string of the molecule is CSC(=S)OC1(c2ccc(-c3ccc(C4OC(C)(C)N(C(=O)C(F)F)C4CF)cc3)cn2)CCN1C(=O)OC(C)(C)C. The summed E-state index contributed by atoms with van der Waals surface area (Å²) in [6, 6.07) is 9.38. The van der Waals surface area contributed by atoms with E-state index in [1.165, 1.54) is 30.5 Å². The van der Waals surface area contributed by atoms with Gasteiger partial charge in [0, 0.05) is 24.7 Å². The van der Waals surface area contributed by atoms with Crippen LogP contribution in [-0.4, -0.2) is 74.4 Å². The number of thioether (sulfide) groups is 1. The van der Waals surface area contributed by atoms with Gasteiger partial charge in [-0.1, -0.05) is 42.1 Å². The predicted molar refractivity (Wildman–Crippen MR) is 157 cm³/mol. The molecule has 0 saturated carbocycles. The lowest BCUT2D eigenvalue weighted by Gasteiger charge is -2.50. The topological polar surface area (TPSA) is 81.2 Å². The van der Waals surface area contributed by atoms with E-state index in [0.29, 0.717) is 24.2 Å². The van der Waals surface area contributed by atoms with Crippen molar-refractivity contribution < 1.29 is 37.0 Å². The lowest BCUT2D eigenvalue weighted by Crippen LogP contribution is -2.62. The highest BCUT2D eigenvalue weighted by Crippen LogP contribution is 2.44. The highest BCUT2D eigenvalue weighted by atomic mass is 32.2. The highest BCUT2D eigenvalue weighted by Gasteiger charge is 2.55. The summed E-state index contributed by atoms with van der Waals surface area (Å²) in [5, 5.41) is 0. The first-order valence-corrected chi connectivity index (χ1v) is 15.0. The van der Waals surface area contributed by atoms with Crippen LogP contribution in [0.5, 0.6) is 0 Å². The van der Waals surface area contributed by atoms with Gasteiger partial charge in [-0.2, -0.15) is 8.78 Å². The Bertz CT molecular complexity index is 1320. The van der Waals surface area contributed by atoms with Crippen LogP contribution < -0.4 is 0 Å². The number of alkyl halides is 3. The minimum absolute atomic E-state index is 0.266. The van der Waals surface area contributed by atoms with E-state index in [2.05, 4.69) is 4.98 Å². The molecule has 2 saturated heterocycles. The summed E-state index contributed by atoms with van der Waals surface area (Å²) < 4.78 is 58.3. The molecule has 3 heterocycles. The van der Waals surface area contributed by atoms with Crippen LogP contribution in [0.2, 0.25) is 0 Å². The first-order valence-electron chi connectivity index (χ1n) is 13.3. The molecule has 1 aromatic heterocycles. The van der Waals surface area contributed by atoms with Crippen LogP contribution in [0.1, 0.15) is 58.4 Å². The molecule has 2 aliphatic rings. The number of carbonyl (C=O) groups excluding carboxylic acids is 2. The fourth-order valence-corrected chi connectivity index (χ4v) is 5.56. The maximum atomic E-state index is 14.0. The van der Waals surface area contributed by atoms with Gasteiger partial charge in [-0.15, -0.1) is 0 Å². The zero-order chi connectivity index (χ0) is 31.0. The van der Waals surface area contributed by atoms with E-state index in [9.17, 15) is 22.8 Å². The molecule has 2 amide bonds. The lowest BCUT2D eigenvalue weighted by atomic mass is 9.93. The molecule has 4 rings (SSSR count). The van der Waals surface area contributed by atoms with Gasteiger partial charge >= 0.3 is 12.5 Å². The van der Waals surface area contributed by atoms with E-state index < -0.39 is 54.3 Å². The zero-order valence-electron chi connectivity index (χ0n) is 24.2. The van der Waals surface area contributed by atoms with Gasteiger partial charge < -0.3 is 19.1 Å². The number of carbonyl (C=O) groups is 2. The number of ether oxygens (including phenoxy) is 3. The standard InChI is InChI=1S/C29H34F3N3O5S2/c1-27(2,3)39-25(37)34-14-13-29(34,40-26(41)42-6)21-12-11-19(16-33-21)17-7-9-18(10-8-17)22-20(15-30)35(24(36)23(31)32)28(4,5)38-22/h7-12,16,20,22-23H,13-15H2,1-6H3. The van der Waals surface area contributed by atoms with E-state index in [1.54, 1.807) is 63.6 Å². The maximum absolute atomic E-state index is 14.0. The second-order valence-electron chi connectivity index (χ2n) is 11.5. The first kappa shape index (κ1) is 32.0. The number of benzene rings is 1. The molecule has 0 N–H and O–H groups in total. The van der Waals surface area contributed by atoms with Crippen molar-refractivity contribution in [3.8, 4) is 11.1 Å². The maximum Gasteiger partial charge on any atom is 0.413 e. The number of hydrogen-bond acceptors (Lipinski definition) is 8. The summed E-state index contributed by atoms with van der Waals surface area (Å²) in [4.78, 5) is 32.0. The average Bonchev–Trinajstić information content (AvgIpc) is 3.19. The fourth-order valence-electron chi connectivity index (χ4n) is 5.20. The smallest absolute Gasteiger partial charge is 0.413 e. The number of thiocarbonyl (C=S) groups is 1. The minimum atomic E-state index is -3.27. The molecule has 228 valence electrons. The van der Waals surface area contributed by atoms with E-state index in [0.717, 1.165) is 16.0 Å². The van der Waals surface area contributed by atoms with Crippen molar-refractivity contribution in [3.05, 3.63) is 53.9 Å². The van der Waals surface area contributed by atoms with Crippen molar-refractivity contribution in [2.75, 3.05) is 19.5 Å². The van der Waals surface area contributed by atoms with Gasteiger partial charge in [-0.25, -0.2) is 9.18 Å². The lowest BCUT2D eigenvalue weighted by molar-refractivity contribution is -0.165. The molecule has 0 radical (unpaired) electrons. The normalized spacial score (nSPS) is 23.5. The number of likely N-dealkylation sites (tertiary alicyclic amines) is 1. The Morgan fingerprint density at radius 1 is 1.17 bits per heavy atom. The number of amides is 2. The van der Waals surface area contributed by atoms with Crippen molar-refractivity contribution >= 4 is 40.4 Å². The second-order valence-corrected chi connectivity index (χ2v) is 12.9. The quantitative estimate of drug-likeness (QED) is 0.339. The van der Waals surface area contributed by atoms with Gasteiger partial charge in [0.15, 0.2) is 0 Å². The first-order chi connectivity index (χ1) is 19.6. The summed E-state index contributed by atoms with van der Waals surface area (Å²) >= 11 is 6.57. The Morgan fingerprint density at radius 2 is 1.81 bits per heavy atom. The van der Waals surface area contributed by atoms with Gasteiger partial charge in [0.1, 0.15) is 29.8 Å². The molecule has 8 nitrogen and oxygen atoms in total. The van der Waals surface area contributed by atoms with Crippen molar-refractivity contribution in [1.29, 1.82) is 0 Å². The molecule has 2 fully saturated rings. The molecule has 2 aromatic rings. The molecule has 2 aliphatic heterocycles. The average molecular weight is 626 g/mol. The molecule has 42 heavy (non-hydrogen) atoms. The third-order valence-corrected chi connectivity index (χ3v) is 8.14.